The fraction of sp³-hybridized carbons (Fsp3) is 0.455. The third-order valence-electron chi connectivity index (χ3n) is 2.58. The van der Waals surface area contributed by atoms with E-state index in [1.54, 1.807) is 0 Å². The van der Waals surface area contributed by atoms with Gasteiger partial charge in [-0.05, 0) is 19.0 Å². The highest BCUT2D eigenvalue weighted by atomic mass is 32.1. The maximum atomic E-state index is 10.6. The molecule has 0 aromatic carbocycles. The third kappa shape index (κ3) is 2.96. The Bertz CT molecular complexity index is 566. The zero-order valence-electron chi connectivity index (χ0n) is 10.6. The minimum Gasteiger partial charge on any atom is -0.398 e. The second-order valence-electron chi connectivity index (χ2n) is 3.86. The number of nitro groups is 1. The SMILES string of the molecule is CCNC(CC)c1nnc(-c2ccc([N+](=O)[O-])o2)s1. The average Bonchev–Trinajstić information content (AvgIpc) is 3.03. The van der Waals surface area contributed by atoms with Crippen LogP contribution in [0.2, 0.25) is 0 Å². The molecule has 0 fully saturated rings. The van der Waals surface area contributed by atoms with Gasteiger partial charge in [-0.1, -0.05) is 25.2 Å². The number of hydrogen-bond donors (Lipinski definition) is 1. The summed E-state index contributed by atoms with van der Waals surface area (Å²) in [5.41, 5.74) is 0. The molecule has 0 spiro atoms. The summed E-state index contributed by atoms with van der Waals surface area (Å²) in [6.07, 6.45) is 0.904. The molecule has 0 aliphatic rings. The van der Waals surface area contributed by atoms with Gasteiger partial charge in [0.1, 0.15) is 9.93 Å². The van der Waals surface area contributed by atoms with Crippen molar-refractivity contribution in [1.82, 2.24) is 15.5 Å². The summed E-state index contributed by atoms with van der Waals surface area (Å²) in [6, 6.07) is 3.01. The van der Waals surface area contributed by atoms with Crippen LogP contribution >= 0.6 is 11.3 Å². The molecule has 1 N–H and O–H groups in total. The van der Waals surface area contributed by atoms with Crippen LogP contribution in [0.1, 0.15) is 31.3 Å². The number of hydrogen-bond acceptors (Lipinski definition) is 7. The lowest BCUT2D eigenvalue weighted by Crippen LogP contribution is -2.19. The van der Waals surface area contributed by atoms with Crippen LogP contribution in [-0.2, 0) is 0 Å². The van der Waals surface area contributed by atoms with Gasteiger partial charge in [-0.25, -0.2) is 0 Å². The van der Waals surface area contributed by atoms with Crippen molar-refractivity contribution >= 4 is 17.2 Å². The summed E-state index contributed by atoms with van der Waals surface area (Å²) in [5.74, 6) is 0.0901. The zero-order chi connectivity index (χ0) is 13.8. The van der Waals surface area contributed by atoms with E-state index in [1.807, 2.05) is 6.92 Å². The molecule has 0 aliphatic heterocycles. The third-order valence-corrected chi connectivity index (χ3v) is 3.63. The van der Waals surface area contributed by atoms with Gasteiger partial charge in [-0.3, -0.25) is 10.1 Å². The van der Waals surface area contributed by atoms with Crippen LogP contribution in [0.5, 0.6) is 0 Å². The summed E-state index contributed by atoms with van der Waals surface area (Å²) < 4.78 is 5.11. The van der Waals surface area contributed by atoms with Crippen molar-refractivity contribution in [3.63, 3.8) is 0 Å². The quantitative estimate of drug-likeness (QED) is 0.646. The molecular formula is C11H14N4O3S. The standard InChI is InChI=1S/C11H14N4O3S/c1-3-7(12-4-2)10-13-14-11(19-10)8-5-6-9(18-8)15(16)17/h5-7,12H,3-4H2,1-2H3. The van der Waals surface area contributed by atoms with Gasteiger partial charge in [-0.2, -0.15) is 0 Å². The second kappa shape index (κ2) is 5.89. The van der Waals surface area contributed by atoms with E-state index in [0.717, 1.165) is 18.0 Å². The van der Waals surface area contributed by atoms with E-state index in [2.05, 4.69) is 22.4 Å². The Morgan fingerprint density at radius 2 is 2.26 bits per heavy atom. The molecule has 2 aromatic heterocycles. The monoisotopic (exact) mass is 282 g/mol. The van der Waals surface area contributed by atoms with Gasteiger partial charge >= 0.3 is 5.88 Å². The number of furan rings is 1. The molecule has 102 valence electrons. The van der Waals surface area contributed by atoms with Gasteiger partial charge in [0.25, 0.3) is 0 Å². The minimum atomic E-state index is -0.571. The number of aromatic nitrogens is 2. The van der Waals surface area contributed by atoms with Crippen molar-refractivity contribution in [2.24, 2.45) is 0 Å². The fourth-order valence-corrected chi connectivity index (χ4v) is 2.63. The van der Waals surface area contributed by atoms with E-state index in [0.29, 0.717) is 10.8 Å². The molecule has 1 unspecified atom stereocenters. The van der Waals surface area contributed by atoms with Crippen molar-refractivity contribution in [3.8, 4) is 10.8 Å². The molecule has 0 saturated heterocycles. The molecule has 2 heterocycles. The van der Waals surface area contributed by atoms with E-state index >= 15 is 0 Å². The molecular weight excluding hydrogens is 268 g/mol. The molecule has 1 atom stereocenters. The Balaban J connectivity index is 2.21. The van der Waals surface area contributed by atoms with Crippen LogP contribution in [0.3, 0.4) is 0 Å². The van der Waals surface area contributed by atoms with Gasteiger partial charge in [0.2, 0.25) is 0 Å². The van der Waals surface area contributed by atoms with Crippen LogP contribution in [0.4, 0.5) is 5.88 Å². The predicted molar refractivity (Wildman–Crippen MR) is 71.0 cm³/mol. The highest BCUT2D eigenvalue weighted by Gasteiger charge is 2.19. The lowest BCUT2D eigenvalue weighted by atomic mass is 10.2. The molecule has 0 saturated carbocycles. The van der Waals surface area contributed by atoms with Crippen molar-refractivity contribution in [3.05, 3.63) is 27.3 Å². The first-order chi connectivity index (χ1) is 9.15. The maximum absolute atomic E-state index is 10.6. The molecule has 19 heavy (non-hydrogen) atoms. The second-order valence-corrected chi connectivity index (χ2v) is 4.87. The van der Waals surface area contributed by atoms with Crippen molar-refractivity contribution in [1.29, 1.82) is 0 Å². The van der Waals surface area contributed by atoms with E-state index in [1.165, 1.54) is 23.5 Å². The van der Waals surface area contributed by atoms with E-state index in [-0.39, 0.29) is 11.9 Å². The Morgan fingerprint density at radius 1 is 1.47 bits per heavy atom. The van der Waals surface area contributed by atoms with E-state index in [9.17, 15) is 10.1 Å². The molecule has 2 aromatic rings. The Labute approximate surface area is 113 Å². The van der Waals surface area contributed by atoms with Gasteiger partial charge in [-0.15, -0.1) is 10.2 Å². The van der Waals surface area contributed by atoms with Crippen LogP contribution in [0, 0.1) is 10.1 Å². The minimum absolute atomic E-state index is 0.154. The van der Waals surface area contributed by atoms with Gasteiger partial charge < -0.3 is 9.73 Å². The fourth-order valence-electron chi connectivity index (χ4n) is 1.67. The van der Waals surface area contributed by atoms with E-state index in [4.69, 9.17) is 4.42 Å². The highest BCUT2D eigenvalue weighted by Crippen LogP contribution is 2.31. The maximum Gasteiger partial charge on any atom is 0.433 e. The number of nitrogens with one attached hydrogen (secondary N) is 1. The molecule has 7 nitrogen and oxygen atoms in total. The van der Waals surface area contributed by atoms with Crippen LogP contribution < -0.4 is 5.32 Å². The lowest BCUT2D eigenvalue weighted by Gasteiger charge is -2.10. The largest absolute Gasteiger partial charge is 0.433 e. The van der Waals surface area contributed by atoms with Crippen molar-refractivity contribution in [2.75, 3.05) is 6.54 Å². The summed E-state index contributed by atoms with van der Waals surface area (Å²) in [4.78, 5) is 9.99. The highest BCUT2D eigenvalue weighted by molar-refractivity contribution is 7.14. The van der Waals surface area contributed by atoms with Crippen molar-refractivity contribution < 1.29 is 9.34 Å². The predicted octanol–water partition coefficient (Wildman–Crippen LogP) is 2.77. The Kier molecular flexibility index (Phi) is 4.23. The van der Waals surface area contributed by atoms with Crippen LogP contribution in [0.25, 0.3) is 10.8 Å². The summed E-state index contributed by atoms with van der Waals surface area (Å²) in [5, 5.41) is 23.4. The first-order valence-electron chi connectivity index (χ1n) is 5.97. The first kappa shape index (κ1) is 13.6. The van der Waals surface area contributed by atoms with Crippen LogP contribution in [0.15, 0.2) is 16.5 Å². The Hall–Kier alpha value is -1.80. The van der Waals surface area contributed by atoms with Gasteiger partial charge in [0.15, 0.2) is 10.8 Å². The lowest BCUT2D eigenvalue weighted by molar-refractivity contribution is -0.401. The topological polar surface area (TPSA) is 94.1 Å². The molecule has 8 heteroatoms. The van der Waals surface area contributed by atoms with Crippen LogP contribution in [-0.4, -0.2) is 21.7 Å². The van der Waals surface area contributed by atoms with Crippen molar-refractivity contribution in [2.45, 2.75) is 26.3 Å². The summed E-state index contributed by atoms with van der Waals surface area (Å²) in [6.45, 7) is 4.94. The number of nitrogens with zero attached hydrogens (tertiary/aromatic N) is 3. The number of rotatable bonds is 6. The molecule has 0 bridgehead atoms. The van der Waals surface area contributed by atoms with Gasteiger partial charge in [0.05, 0.1) is 12.1 Å². The molecule has 2 rings (SSSR count). The zero-order valence-corrected chi connectivity index (χ0v) is 11.4. The van der Waals surface area contributed by atoms with E-state index < -0.39 is 4.92 Å². The molecule has 0 radical (unpaired) electrons. The molecule has 0 amide bonds. The smallest absolute Gasteiger partial charge is 0.398 e. The summed E-state index contributed by atoms with van der Waals surface area (Å²) in [7, 11) is 0. The normalized spacial score (nSPS) is 12.5. The van der Waals surface area contributed by atoms with Gasteiger partial charge in [0, 0.05) is 0 Å². The Morgan fingerprint density at radius 3 is 2.84 bits per heavy atom. The average molecular weight is 282 g/mol. The first-order valence-corrected chi connectivity index (χ1v) is 6.78. The molecule has 0 aliphatic carbocycles. The summed E-state index contributed by atoms with van der Waals surface area (Å²) >= 11 is 1.38.